The maximum absolute atomic E-state index is 12.9. The summed E-state index contributed by atoms with van der Waals surface area (Å²) in [5, 5.41) is 5.31. The van der Waals surface area contributed by atoms with Crippen molar-refractivity contribution in [3.63, 3.8) is 0 Å². The summed E-state index contributed by atoms with van der Waals surface area (Å²) in [6, 6.07) is 17.6. The molecule has 0 aliphatic carbocycles. The number of aromatic amines is 2. The van der Waals surface area contributed by atoms with Crippen molar-refractivity contribution in [3.05, 3.63) is 92.1 Å². The Morgan fingerprint density at radius 3 is 2.30 bits per heavy atom. The fourth-order valence-corrected chi connectivity index (χ4v) is 4.19. The Kier molecular flexibility index (Phi) is 4.10. The molecule has 1 aliphatic rings. The van der Waals surface area contributed by atoms with Crippen LogP contribution in [0.15, 0.2) is 64.2 Å². The summed E-state index contributed by atoms with van der Waals surface area (Å²) in [6.07, 6.45) is 0. The molecule has 3 N–H and O–H groups in total. The third kappa shape index (κ3) is 2.75. The molecule has 0 bridgehead atoms. The van der Waals surface area contributed by atoms with Gasteiger partial charge in [0.25, 0.3) is 5.56 Å². The van der Waals surface area contributed by atoms with Gasteiger partial charge in [-0.1, -0.05) is 30.3 Å². The van der Waals surface area contributed by atoms with Gasteiger partial charge in [-0.05, 0) is 40.1 Å². The number of hydrogen-bond acceptors (Lipinski definition) is 5. The van der Waals surface area contributed by atoms with E-state index in [0.717, 1.165) is 27.6 Å². The van der Waals surface area contributed by atoms with E-state index in [1.54, 1.807) is 20.3 Å². The fourth-order valence-electron chi connectivity index (χ4n) is 4.19. The second-order valence-electron chi connectivity index (χ2n) is 7.15. The molecule has 0 saturated carbocycles. The van der Waals surface area contributed by atoms with Crippen molar-refractivity contribution < 1.29 is 9.47 Å². The molecule has 30 heavy (non-hydrogen) atoms. The molecule has 1 aliphatic heterocycles. The molecule has 0 saturated heterocycles. The van der Waals surface area contributed by atoms with Crippen LogP contribution in [0, 0.1) is 0 Å². The Bertz CT molecular complexity index is 1380. The molecule has 0 fully saturated rings. The second kappa shape index (κ2) is 6.81. The number of nitrogens with one attached hydrogen (secondary N) is 3. The highest BCUT2D eigenvalue weighted by Gasteiger charge is 2.32. The summed E-state index contributed by atoms with van der Waals surface area (Å²) in [5.41, 5.74) is 2.05. The van der Waals surface area contributed by atoms with E-state index in [0.29, 0.717) is 22.9 Å². The molecule has 0 radical (unpaired) electrons. The summed E-state index contributed by atoms with van der Waals surface area (Å²) in [4.78, 5) is 30.0. The molecular weight excluding hydrogens is 382 g/mol. The molecule has 3 aromatic carbocycles. The van der Waals surface area contributed by atoms with Crippen molar-refractivity contribution >= 4 is 22.3 Å². The van der Waals surface area contributed by atoms with Gasteiger partial charge in [-0.25, -0.2) is 4.79 Å². The molecule has 0 spiro atoms. The van der Waals surface area contributed by atoms with Crippen LogP contribution >= 0.6 is 0 Å². The highest BCUT2D eigenvalue weighted by molar-refractivity contribution is 5.94. The first-order valence-electron chi connectivity index (χ1n) is 9.47. The van der Waals surface area contributed by atoms with Crippen molar-refractivity contribution in [3.8, 4) is 11.5 Å². The predicted octanol–water partition coefficient (Wildman–Crippen LogP) is 3.47. The minimum Gasteiger partial charge on any atom is -0.497 e. The first-order chi connectivity index (χ1) is 14.6. The predicted molar refractivity (Wildman–Crippen MR) is 115 cm³/mol. The second-order valence-corrected chi connectivity index (χ2v) is 7.15. The van der Waals surface area contributed by atoms with E-state index in [2.05, 4.69) is 15.3 Å². The molecule has 1 aromatic heterocycles. The quantitative estimate of drug-likeness (QED) is 0.430. The first-order valence-corrected chi connectivity index (χ1v) is 9.47. The fraction of sp³-hybridized carbons (Fsp3) is 0.130. The lowest BCUT2D eigenvalue weighted by Gasteiger charge is -2.30. The summed E-state index contributed by atoms with van der Waals surface area (Å²) in [7, 11) is 3.17. The third-order valence-corrected chi connectivity index (χ3v) is 5.49. The lowest BCUT2D eigenvalue weighted by molar-refractivity contribution is 0.393. The van der Waals surface area contributed by atoms with Gasteiger partial charge < -0.3 is 14.8 Å². The Morgan fingerprint density at radius 2 is 1.57 bits per heavy atom. The summed E-state index contributed by atoms with van der Waals surface area (Å²) >= 11 is 0. The molecule has 0 amide bonds. The molecule has 150 valence electrons. The first kappa shape index (κ1) is 18.1. The number of aromatic nitrogens is 2. The van der Waals surface area contributed by atoms with E-state index in [-0.39, 0.29) is 0 Å². The van der Waals surface area contributed by atoms with Crippen molar-refractivity contribution in [1.82, 2.24) is 9.97 Å². The highest BCUT2D eigenvalue weighted by atomic mass is 16.5. The number of H-pyrrole nitrogens is 2. The van der Waals surface area contributed by atoms with E-state index < -0.39 is 17.2 Å². The number of hydrogen-bond donors (Lipinski definition) is 3. The van der Waals surface area contributed by atoms with Crippen molar-refractivity contribution in [2.24, 2.45) is 0 Å². The maximum atomic E-state index is 12.9. The van der Waals surface area contributed by atoms with Crippen LogP contribution in [0.1, 0.15) is 22.6 Å². The largest absolute Gasteiger partial charge is 0.497 e. The van der Waals surface area contributed by atoms with Gasteiger partial charge in [0.1, 0.15) is 17.3 Å². The normalized spacial score (nSPS) is 14.5. The topological polar surface area (TPSA) is 96.2 Å². The van der Waals surface area contributed by atoms with Crippen LogP contribution in [0.5, 0.6) is 11.5 Å². The number of methoxy groups -OCH3 is 2. The van der Waals surface area contributed by atoms with Crippen LogP contribution < -0.4 is 26.0 Å². The van der Waals surface area contributed by atoms with Gasteiger partial charge in [0, 0.05) is 17.7 Å². The standard InChI is InChI=1S/C23H19N3O4/c1-29-14-9-13(10-15(11-14)30-2)18-19-16-6-4-3-5-12(16)7-8-17(19)24-21-20(18)22(27)26-23(28)25-21/h3-11,18H,1-2H3,(H3,24,25,26,27,28). The highest BCUT2D eigenvalue weighted by Crippen LogP contribution is 2.46. The third-order valence-electron chi connectivity index (χ3n) is 5.49. The van der Waals surface area contributed by atoms with E-state index in [1.807, 2.05) is 48.5 Å². The Hall–Kier alpha value is -4.00. The zero-order chi connectivity index (χ0) is 20.8. The molecule has 7 nitrogen and oxygen atoms in total. The van der Waals surface area contributed by atoms with E-state index in [4.69, 9.17) is 9.47 Å². The Balaban J connectivity index is 1.90. The molecule has 4 aromatic rings. The molecule has 5 rings (SSSR count). The summed E-state index contributed by atoms with van der Waals surface area (Å²) in [6.45, 7) is 0. The minimum atomic E-state index is -0.558. The van der Waals surface area contributed by atoms with Crippen LogP contribution in [-0.4, -0.2) is 24.2 Å². The van der Waals surface area contributed by atoms with E-state index in [9.17, 15) is 9.59 Å². The SMILES string of the molecule is COc1cc(OC)cc(C2c3c([nH]c(=O)[nH]c3=O)Nc3ccc4ccccc4c32)c1. The average molecular weight is 401 g/mol. The zero-order valence-electron chi connectivity index (χ0n) is 16.4. The average Bonchev–Trinajstić information content (AvgIpc) is 2.76. The van der Waals surface area contributed by atoms with Crippen LogP contribution in [0.4, 0.5) is 11.5 Å². The minimum absolute atomic E-state index is 0.387. The summed E-state index contributed by atoms with van der Waals surface area (Å²) in [5.74, 6) is 1.18. The van der Waals surface area contributed by atoms with Crippen molar-refractivity contribution in [1.29, 1.82) is 0 Å². The number of rotatable bonds is 3. The molecule has 1 atom stereocenters. The van der Waals surface area contributed by atoms with Gasteiger partial charge >= 0.3 is 5.69 Å². The van der Waals surface area contributed by atoms with Gasteiger partial charge in [-0.2, -0.15) is 0 Å². The molecule has 1 unspecified atom stereocenters. The lowest BCUT2D eigenvalue weighted by atomic mass is 9.80. The maximum Gasteiger partial charge on any atom is 0.327 e. The van der Waals surface area contributed by atoms with Crippen LogP contribution in [0.2, 0.25) is 0 Å². The number of fused-ring (bicyclic) bond motifs is 4. The number of ether oxygens (including phenoxy) is 2. The zero-order valence-corrected chi connectivity index (χ0v) is 16.4. The lowest BCUT2D eigenvalue weighted by Crippen LogP contribution is -2.32. The number of benzene rings is 3. The molecular formula is C23H19N3O4. The Labute approximate surface area is 171 Å². The van der Waals surface area contributed by atoms with Gasteiger partial charge in [0.05, 0.1) is 19.8 Å². The van der Waals surface area contributed by atoms with Gasteiger partial charge in [0.15, 0.2) is 0 Å². The molecule has 7 heteroatoms. The van der Waals surface area contributed by atoms with E-state index in [1.165, 1.54) is 0 Å². The van der Waals surface area contributed by atoms with Gasteiger partial charge in [-0.15, -0.1) is 0 Å². The van der Waals surface area contributed by atoms with Crippen molar-refractivity contribution in [2.75, 3.05) is 19.5 Å². The van der Waals surface area contributed by atoms with Crippen LogP contribution in [0.25, 0.3) is 10.8 Å². The van der Waals surface area contributed by atoms with Crippen LogP contribution in [0.3, 0.4) is 0 Å². The van der Waals surface area contributed by atoms with Gasteiger partial charge in [-0.3, -0.25) is 14.8 Å². The van der Waals surface area contributed by atoms with Gasteiger partial charge in [0.2, 0.25) is 0 Å². The smallest absolute Gasteiger partial charge is 0.327 e. The number of anilines is 2. The van der Waals surface area contributed by atoms with E-state index >= 15 is 0 Å². The molecule has 2 heterocycles. The van der Waals surface area contributed by atoms with Crippen molar-refractivity contribution in [2.45, 2.75) is 5.92 Å². The Morgan fingerprint density at radius 1 is 0.833 bits per heavy atom. The van der Waals surface area contributed by atoms with Crippen LogP contribution in [-0.2, 0) is 0 Å². The monoisotopic (exact) mass is 401 g/mol. The summed E-state index contributed by atoms with van der Waals surface area (Å²) < 4.78 is 10.9.